The van der Waals surface area contributed by atoms with Gasteiger partial charge in [-0.05, 0) is 37.5 Å². The highest BCUT2D eigenvalue weighted by Gasteiger charge is 2.09. The van der Waals surface area contributed by atoms with Crippen LogP contribution in [0.25, 0.3) is 0 Å². The van der Waals surface area contributed by atoms with Crippen LogP contribution in [0, 0.1) is 12.7 Å². The van der Waals surface area contributed by atoms with Crippen molar-refractivity contribution in [1.82, 2.24) is 4.98 Å². The van der Waals surface area contributed by atoms with Crippen LogP contribution in [-0.4, -0.2) is 11.0 Å². The fourth-order valence-electron chi connectivity index (χ4n) is 1.80. The summed E-state index contributed by atoms with van der Waals surface area (Å²) >= 11 is 1.44. The molecule has 4 nitrogen and oxygen atoms in total. The van der Waals surface area contributed by atoms with Gasteiger partial charge in [0, 0.05) is 0 Å². The van der Waals surface area contributed by atoms with Crippen molar-refractivity contribution in [1.29, 1.82) is 0 Å². The number of nitrogens with one attached hydrogen (secondary N) is 2. The molecule has 0 spiro atoms. The number of nitrogens with zero attached hydrogens (tertiary/aromatic N) is 1. The number of amides is 2. The van der Waals surface area contributed by atoms with Gasteiger partial charge >= 0.3 is 6.03 Å². The standard InChI is InChI=1S/C15H18FN3OS.C2H6/c1-3-4-5-13-17-9-14(21-13)19-15(20)18-12-7-6-10(2)8-11(12)16;1-2/h6-9H,3-5H2,1-2H3,(H2,18,19,20);1-2H3. The first-order chi connectivity index (χ1) is 11.1. The molecule has 23 heavy (non-hydrogen) atoms. The first-order valence-electron chi connectivity index (χ1n) is 7.87. The monoisotopic (exact) mass is 337 g/mol. The van der Waals surface area contributed by atoms with E-state index in [0.717, 1.165) is 29.8 Å². The third-order valence-corrected chi connectivity index (χ3v) is 3.88. The first-order valence-corrected chi connectivity index (χ1v) is 8.69. The van der Waals surface area contributed by atoms with Gasteiger partial charge in [-0.1, -0.05) is 33.3 Å². The van der Waals surface area contributed by atoms with Crippen molar-refractivity contribution in [3.05, 3.63) is 40.8 Å². The van der Waals surface area contributed by atoms with Crippen molar-refractivity contribution >= 4 is 28.1 Å². The van der Waals surface area contributed by atoms with E-state index in [1.807, 2.05) is 13.8 Å². The highest BCUT2D eigenvalue weighted by atomic mass is 32.1. The second-order valence-corrected chi connectivity index (χ2v) is 5.90. The Hall–Kier alpha value is -1.95. The number of unbranched alkanes of at least 4 members (excludes halogenated alkanes) is 1. The van der Waals surface area contributed by atoms with Crippen LogP contribution in [-0.2, 0) is 6.42 Å². The lowest BCUT2D eigenvalue weighted by atomic mass is 10.2. The van der Waals surface area contributed by atoms with Crippen molar-refractivity contribution in [3.8, 4) is 0 Å². The van der Waals surface area contributed by atoms with Crippen LogP contribution in [0.3, 0.4) is 0 Å². The number of carbonyl (C=O) groups excluding carboxylic acids is 1. The number of aryl methyl sites for hydroxylation is 2. The molecular formula is C17H24FN3OS. The molecule has 0 aliphatic carbocycles. The summed E-state index contributed by atoms with van der Waals surface area (Å²) in [6.45, 7) is 7.92. The highest BCUT2D eigenvalue weighted by molar-refractivity contribution is 7.15. The van der Waals surface area contributed by atoms with Crippen molar-refractivity contribution in [2.45, 2.75) is 47.0 Å². The molecule has 126 valence electrons. The van der Waals surface area contributed by atoms with E-state index in [1.54, 1.807) is 25.3 Å². The topological polar surface area (TPSA) is 54.0 Å². The van der Waals surface area contributed by atoms with Crippen molar-refractivity contribution in [2.75, 3.05) is 10.6 Å². The lowest BCUT2D eigenvalue weighted by molar-refractivity contribution is 0.262. The van der Waals surface area contributed by atoms with Crippen LogP contribution >= 0.6 is 11.3 Å². The SMILES string of the molecule is CC.CCCCc1ncc(NC(=O)Nc2ccc(C)cc2F)s1. The fourth-order valence-corrected chi connectivity index (χ4v) is 2.65. The van der Waals surface area contributed by atoms with Gasteiger partial charge in [0.05, 0.1) is 16.9 Å². The van der Waals surface area contributed by atoms with E-state index in [9.17, 15) is 9.18 Å². The Bertz CT molecular complexity index is 628. The number of rotatable bonds is 5. The Kier molecular flexibility index (Phi) is 8.26. The van der Waals surface area contributed by atoms with Gasteiger partial charge in [-0.3, -0.25) is 5.32 Å². The van der Waals surface area contributed by atoms with Crippen LogP contribution in [0.15, 0.2) is 24.4 Å². The summed E-state index contributed by atoms with van der Waals surface area (Å²) in [5.41, 5.74) is 0.968. The van der Waals surface area contributed by atoms with Crippen LogP contribution in [0.4, 0.5) is 19.9 Å². The van der Waals surface area contributed by atoms with Crippen LogP contribution in [0.1, 0.15) is 44.2 Å². The molecule has 1 aromatic carbocycles. The maximum Gasteiger partial charge on any atom is 0.324 e. The van der Waals surface area contributed by atoms with Gasteiger partial charge in [-0.15, -0.1) is 11.3 Å². The maximum atomic E-state index is 13.6. The second-order valence-electron chi connectivity index (χ2n) is 4.78. The molecule has 0 fully saturated rings. The lowest BCUT2D eigenvalue weighted by Crippen LogP contribution is -2.19. The molecule has 1 aromatic heterocycles. The van der Waals surface area contributed by atoms with E-state index in [2.05, 4.69) is 22.5 Å². The van der Waals surface area contributed by atoms with Gasteiger partial charge in [-0.25, -0.2) is 14.2 Å². The van der Waals surface area contributed by atoms with E-state index in [1.165, 1.54) is 17.4 Å². The zero-order valence-electron chi connectivity index (χ0n) is 14.1. The van der Waals surface area contributed by atoms with Crippen molar-refractivity contribution in [3.63, 3.8) is 0 Å². The Morgan fingerprint density at radius 3 is 2.70 bits per heavy atom. The number of halogens is 1. The number of urea groups is 1. The summed E-state index contributed by atoms with van der Waals surface area (Å²) in [5, 5.41) is 6.81. The molecule has 0 saturated carbocycles. The summed E-state index contributed by atoms with van der Waals surface area (Å²) in [6, 6.07) is 4.20. The number of benzene rings is 1. The summed E-state index contributed by atoms with van der Waals surface area (Å²) in [5.74, 6) is -0.446. The molecule has 6 heteroatoms. The van der Waals surface area contributed by atoms with Crippen molar-refractivity contribution in [2.24, 2.45) is 0 Å². The third-order valence-electron chi connectivity index (χ3n) is 2.91. The normalized spacial score (nSPS) is 9.78. The Balaban J connectivity index is 0.00000127. The molecule has 0 aliphatic rings. The molecule has 2 aromatic rings. The minimum Gasteiger partial charge on any atom is -0.305 e. The van der Waals surface area contributed by atoms with Crippen LogP contribution < -0.4 is 10.6 Å². The molecule has 0 unspecified atom stereocenters. The average Bonchev–Trinajstić information content (AvgIpc) is 2.97. The van der Waals surface area contributed by atoms with E-state index in [0.29, 0.717) is 5.00 Å². The van der Waals surface area contributed by atoms with Gasteiger partial charge in [0.15, 0.2) is 0 Å². The molecule has 0 atom stereocenters. The minimum absolute atomic E-state index is 0.161. The largest absolute Gasteiger partial charge is 0.324 e. The average molecular weight is 337 g/mol. The predicted molar refractivity (Wildman–Crippen MR) is 95.9 cm³/mol. The molecule has 0 radical (unpaired) electrons. The van der Waals surface area contributed by atoms with E-state index in [4.69, 9.17) is 0 Å². The van der Waals surface area contributed by atoms with Gasteiger partial charge in [-0.2, -0.15) is 0 Å². The van der Waals surface area contributed by atoms with E-state index in [-0.39, 0.29) is 5.69 Å². The maximum absolute atomic E-state index is 13.6. The number of carbonyl (C=O) groups is 1. The predicted octanol–water partition coefficient (Wildman–Crippen LogP) is 5.60. The number of hydrogen-bond donors (Lipinski definition) is 2. The first kappa shape index (κ1) is 19.1. The number of anilines is 2. The molecule has 0 bridgehead atoms. The molecule has 2 N–H and O–H groups in total. The highest BCUT2D eigenvalue weighted by Crippen LogP contribution is 2.21. The third kappa shape index (κ3) is 6.36. The zero-order chi connectivity index (χ0) is 17.2. The molecule has 2 rings (SSSR count). The van der Waals surface area contributed by atoms with Crippen LogP contribution in [0.5, 0.6) is 0 Å². The van der Waals surface area contributed by atoms with Crippen molar-refractivity contribution < 1.29 is 9.18 Å². The number of thiazole rings is 1. The van der Waals surface area contributed by atoms with Crippen LogP contribution in [0.2, 0.25) is 0 Å². The Labute approximate surface area is 141 Å². The minimum atomic E-state index is -0.469. The quantitative estimate of drug-likeness (QED) is 0.745. The molecular weight excluding hydrogens is 313 g/mol. The van der Waals surface area contributed by atoms with Gasteiger partial charge in [0.25, 0.3) is 0 Å². The molecule has 0 saturated heterocycles. The number of aromatic nitrogens is 1. The Morgan fingerprint density at radius 1 is 1.30 bits per heavy atom. The van der Waals surface area contributed by atoms with E-state index >= 15 is 0 Å². The lowest BCUT2D eigenvalue weighted by Gasteiger charge is -2.07. The smallest absolute Gasteiger partial charge is 0.305 e. The Morgan fingerprint density at radius 2 is 2.04 bits per heavy atom. The molecule has 0 aliphatic heterocycles. The van der Waals surface area contributed by atoms with Gasteiger partial charge in [0.2, 0.25) is 0 Å². The summed E-state index contributed by atoms with van der Waals surface area (Å²) in [7, 11) is 0. The van der Waals surface area contributed by atoms with E-state index < -0.39 is 11.8 Å². The second kappa shape index (κ2) is 9.94. The molecule has 1 heterocycles. The summed E-state index contributed by atoms with van der Waals surface area (Å²) < 4.78 is 13.6. The molecule has 2 amide bonds. The van der Waals surface area contributed by atoms with Gasteiger partial charge in [0.1, 0.15) is 10.8 Å². The zero-order valence-corrected chi connectivity index (χ0v) is 14.9. The fraction of sp³-hybridized carbons (Fsp3) is 0.412. The summed E-state index contributed by atoms with van der Waals surface area (Å²) in [4.78, 5) is 16.1. The van der Waals surface area contributed by atoms with Gasteiger partial charge < -0.3 is 5.32 Å². The summed E-state index contributed by atoms with van der Waals surface area (Å²) in [6.07, 6.45) is 4.72. The number of hydrogen-bond acceptors (Lipinski definition) is 3.